The van der Waals surface area contributed by atoms with Gasteiger partial charge in [0.25, 0.3) is 0 Å². The Hall–Kier alpha value is -2.20. The van der Waals surface area contributed by atoms with Crippen LogP contribution in [0, 0.1) is 0 Å². The third-order valence-electron chi connectivity index (χ3n) is 3.53. The molecule has 0 saturated heterocycles. The molecule has 0 amide bonds. The first-order valence-electron chi connectivity index (χ1n) is 6.49. The number of aromatic hydroxyl groups is 1. The van der Waals surface area contributed by atoms with E-state index < -0.39 is 6.10 Å². The number of fused-ring (bicyclic) bond motifs is 1. The molecule has 2 N–H and O–H groups in total. The number of aliphatic hydroxyl groups is 1. The van der Waals surface area contributed by atoms with E-state index in [1.165, 1.54) is 0 Å². The van der Waals surface area contributed by atoms with Gasteiger partial charge in [-0.1, -0.05) is 12.1 Å². The van der Waals surface area contributed by atoms with Crippen molar-refractivity contribution in [2.24, 2.45) is 0 Å². The molecule has 104 valence electrons. The van der Waals surface area contributed by atoms with E-state index in [1.54, 1.807) is 37.4 Å². The van der Waals surface area contributed by atoms with Crippen LogP contribution in [0.1, 0.15) is 29.8 Å². The van der Waals surface area contributed by atoms with Crippen molar-refractivity contribution >= 4 is 0 Å². The van der Waals surface area contributed by atoms with E-state index in [1.807, 2.05) is 12.1 Å². The molecule has 1 unspecified atom stereocenters. The third kappa shape index (κ3) is 2.30. The van der Waals surface area contributed by atoms with Crippen molar-refractivity contribution < 1.29 is 19.7 Å². The normalized spacial score (nSPS) is 20.9. The Labute approximate surface area is 117 Å². The summed E-state index contributed by atoms with van der Waals surface area (Å²) in [4.78, 5) is 0. The highest BCUT2D eigenvalue weighted by Crippen LogP contribution is 2.42. The van der Waals surface area contributed by atoms with Gasteiger partial charge in [0, 0.05) is 18.1 Å². The Morgan fingerprint density at radius 2 is 2.05 bits per heavy atom. The van der Waals surface area contributed by atoms with Gasteiger partial charge in [-0.05, 0) is 29.8 Å². The number of hydrogen-bond acceptors (Lipinski definition) is 4. The first-order valence-corrected chi connectivity index (χ1v) is 6.49. The van der Waals surface area contributed by atoms with E-state index in [0.717, 1.165) is 11.1 Å². The van der Waals surface area contributed by atoms with Crippen LogP contribution < -0.4 is 9.47 Å². The van der Waals surface area contributed by atoms with Gasteiger partial charge in [0.05, 0.1) is 13.2 Å². The van der Waals surface area contributed by atoms with Crippen molar-refractivity contribution in [1.29, 1.82) is 0 Å². The Bertz CT molecular complexity index is 624. The molecule has 0 saturated carbocycles. The molecule has 0 fully saturated rings. The maximum atomic E-state index is 10.2. The van der Waals surface area contributed by atoms with E-state index in [2.05, 4.69) is 0 Å². The summed E-state index contributed by atoms with van der Waals surface area (Å²) in [7, 11) is 1.59. The molecule has 0 aliphatic carbocycles. The summed E-state index contributed by atoms with van der Waals surface area (Å²) >= 11 is 0. The minimum atomic E-state index is -0.586. The average Bonchev–Trinajstić information content (AvgIpc) is 2.46. The lowest BCUT2D eigenvalue weighted by molar-refractivity contribution is 0.0654. The predicted octanol–water partition coefficient (Wildman–Crippen LogP) is 2.96. The zero-order chi connectivity index (χ0) is 14.1. The number of hydrogen-bond donors (Lipinski definition) is 2. The number of phenols is 1. The smallest absolute Gasteiger partial charge is 0.129 e. The van der Waals surface area contributed by atoms with E-state index in [9.17, 15) is 10.2 Å². The van der Waals surface area contributed by atoms with Crippen LogP contribution >= 0.6 is 0 Å². The molecule has 4 nitrogen and oxygen atoms in total. The molecule has 4 heteroatoms. The van der Waals surface area contributed by atoms with Crippen LogP contribution in [0.15, 0.2) is 42.5 Å². The van der Waals surface area contributed by atoms with E-state index in [-0.39, 0.29) is 11.9 Å². The summed E-state index contributed by atoms with van der Waals surface area (Å²) in [6, 6.07) is 12.3. The number of methoxy groups -OCH3 is 1. The maximum Gasteiger partial charge on any atom is 0.129 e. The zero-order valence-corrected chi connectivity index (χ0v) is 11.1. The van der Waals surface area contributed by atoms with Gasteiger partial charge in [-0.25, -0.2) is 0 Å². The fourth-order valence-electron chi connectivity index (χ4n) is 2.48. The standard InChI is InChI=1S/C16H16O4/c1-19-12-5-6-13-14(18)9-15(20-16(13)8-12)10-3-2-4-11(17)7-10/h2-8,14-15,17-18H,9H2,1H3/t14-,15?/m1/s1. The quantitative estimate of drug-likeness (QED) is 0.882. The lowest BCUT2D eigenvalue weighted by Crippen LogP contribution is -2.19. The molecule has 1 aliphatic heterocycles. The van der Waals surface area contributed by atoms with Crippen molar-refractivity contribution in [3.8, 4) is 17.2 Å². The van der Waals surface area contributed by atoms with Crippen LogP contribution in [0.3, 0.4) is 0 Å². The molecule has 1 aliphatic rings. The average molecular weight is 272 g/mol. The first kappa shape index (κ1) is 12.8. The molecule has 1 heterocycles. The molecule has 0 spiro atoms. The lowest BCUT2D eigenvalue weighted by atomic mass is 9.95. The minimum Gasteiger partial charge on any atom is -0.508 e. The summed E-state index contributed by atoms with van der Waals surface area (Å²) in [6.45, 7) is 0. The predicted molar refractivity (Wildman–Crippen MR) is 74.0 cm³/mol. The molecule has 2 aromatic rings. The summed E-state index contributed by atoms with van der Waals surface area (Å²) in [6.07, 6.45) is -0.406. The van der Waals surface area contributed by atoms with Crippen LogP contribution in [-0.2, 0) is 0 Å². The van der Waals surface area contributed by atoms with E-state index >= 15 is 0 Å². The van der Waals surface area contributed by atoms with Gasteiger partial charge < -0.3 is 19.7 Å². The van der Waals surface area contributed by atoms with Gasteiger partial charge in [0.2, 0.25) is 0 Å². The molecular formula is C16H16O4. The number of phenolic OH excluding ortho intramolecular Hbond substituents is 1. The second-order valence-electron chi connectivity index (χ2n) is 4.86. The Morgan fingerprint density at radius 1 is 1.20 bits per heavy atom. The Morgan fingerprint density at radius 3 is 2.80 bits per heavy atom. The first-order chi connectivity index (χ1) is 9.67. The van der Waals surface area contributed by atoms with Crippen LogP contribution in [0.4, 0.5) is 0 Å². The Kier molecular flexibility index (Phi) is 3.24. The number of ether oxygens (including phenoxy) is 2. The molecule has 0 aromatic heterocycles. The number of benzene rings is 2. The molecule has 0 bridgehead atoms. The van der Waals surface area contributed by atoms with Crippen LogP contribution in [0.2, 0.25) is 0 Å². The van der Waals surface area contributed by atoms with Gasteiger partial charge in [0.1, 0.15) is 23.4 Å². The second-order valence-corrected chi connectivity index (χ2v) is 4.86. The molecular weight excluding hydrogens is 256 g/mol. The molecule has 3 rings (SSSR count). The highest BCUT2D eigenvalue weighted by atomic mass is 16.5. The van der Waals surface area contributed by atoms with Crippen molar-refractivity contribution in [1.82, 2.24) is 0 Å². The monoisotopic (exact) mass is 272 g/mol. The van der Waals surface area contributed by atoms with E-state index in [0.29, 0.717) is 17.9 Å². The van der Waals surface area contributed by atoms with Gasteiger partial charge in [-0.2, -0.15) is 0 Å². The number of aliphatic hydroxyl groups excluding tert-OH is 1. The zero-order valence-electron chi connectivity index (χ0n) is 11.1. The largest absolute Gasteiger partial charge is 0.508 e. The fourth-order valence-corrected chi connectivity index (χ4v) is 2.48. The molecule has 2 aromatic carbocycles. The third-order valence-corrected chi connectivity index (χ3v) is 3.53. The number of rotatable bonds is 2. The summed E-state index contributed by atoms with van der Waals surface area (Å²) < 4.78 is 11.1. The van der Waals surface area contributed by atoms with Gasteiger partial charge in [-0.3, -0.25) is 0 Å². The SMILES string of the molecule is COc1ccc2c(c1)OC(c1cccc(O)c1)C[C@H]2O. The molecule has 2 atom stereocenters. The highest BCUT2D eigenvalue weighted by molar-refractivity contribution is 5.44. The highest BCUT2D eigenvalue weighted by Gasteiger charge is 2.28. The summed E-state index contributed by atoms with van der Waals surface area (Å²) in [5, 5.41) is 19.8. The van der Waals surface area contributed by atoms with Crippen molar-refractivity contribution in [2.75, 3.05) is 7.11 Å². The van der Waals surface area contributed by atoms with Gasteiger partial charge >= 0.3 is 0 Å². The van der Waals surface area contributed by atoms with Crippen molar-refractivity contribution in [3.05, 3.63) is 53.6 Å². The lowest BCUT2D eigenvalue weighted by Gasteiger charge is -2.30. The topological polar surface area (TPSA) is 58.9 Å². The fraction of sp³-hybridized carbons (Fsp3) is 0.250. The van der Waals surface area contributed by atoms with Gasteiger partial charge in [-0.15, -0.1) is 0 Å². The molecule has 20 heavy (non-hydrogen) atoms. The van der Waals surface area contributed by atoms with Crippen LogP contribution in [0.25, 0.3) is 0 Å². The van der Waals surface area contributed by atoms with Gasteiger partial charge in [0.15, 0.2) is 0 Å². The summed E-state index contributed by atoms with van der Waals surface area (Å²) in [5.41, 5.74) is 1.61. The minimum absolute atomic E-state index is 0.192. The second kappa shape index (κ2) is 5.06. The van der Waals surface area contributed by atoms with Crippen LogP contribution in [0.5, 0.6) is 17.2 Å². The van der Waals surface area contributed by atoms with Crippen molar-refractivity contribution in [3.63, 3.8) is 0 Å². The van der Waals surface area contributed by atoms with Crippen LogP contribution in [-0.4, -0.2) is 17.3 Å². The molecule has 0 radical (unpaired) electrons. The summed E-state index contributed by atoms with van der Waals surface area (Å²) in [5.74, 6) is 1.50. The Balaban J connectivity index is 1.95. The van der Waals surface area contributed by atoms with Crippen molar-refractivity contribution in [2.45, 2.75) is 18.6 Å². The van der Waals surface area contributed by atoms with E-state index in [4.69, 9.17) is 9.47 Å². The maximum absolute atomic E-state index is 10.2.